The summed E-state index contributed by atoms with van der Waals surface area (Å²) in [5, 5.41) is 9.82. The number of hydrogen-bond donors (Lipinski definition) is 1. The summed E-state index contributed by atoms with van der Waals surface area (Å²) in [6, 6.07) is 9.64. The molecule has 0 bridgehead atoms. The van der Waals surface area contributed by atoms with E-state index in [4.69, 9.17) is 27.9 Å². The Morgan fingerprint density at radius 2 is 1.90 bits per heavy atom. The van der Waals surface area contributed by atoms with Gasteiger partial charge in [-0.15, -0.1) is 22.7 Å². The standard InChI is InChI=1S/C20H13Cl2N3O4S2/c1-2-29-20(28)16-12-9-30-18(23-17(26)13-7-8-14(22)31-13)15(12)19(27)25(24-16)11-5-3-10(21)4-6-11/h3-9H,2H2,1H3,(H,23,26). The molecule has 31 heavy (non-hydrogen) atoms. The van der Waals surface area contributed by atoms with E-state index in [1.54, 1.807) is 48.7 Å². The van der Waals surface area contributed by atoms with Gasteiger partial charge in [-0.3, -0.25) is 9.59 Å². The van der Waals surface area contributed by atoms with Crippen molar-refractivity contribution in [3.63, 3.8) is 0 Å². The van der Waals surface area contributed by atoms with E-state index in [9.17, 15) is 14.4 Å². The summed E-state index contributed by atoms with van der Waals surface area (Å²) in [4.78, 5) is 38.9. The van der Waals surface area contributed by atoms with Crippen molar-refractivity contribution in [3.05, 3.63) is 72.1 Å². The predicted molar refractivity (Wildman–Crippen MR) is 123 cm³/mol. The number of anilines is 1. The molecule has 4 aromatic rings. The maximum Gasteiger partial charge on any atom is 0.359 e. The van der Waals surface area contributed by atoms with Gasteiger partial charge in [-0.25, -0.2) is 4.79 Å². The molecule has 0 unspecified atom stereocenters. The first-order valence-corrected chi connectivity index (χ1v) is 11.4. The molecule has 4 rings (SSSR count). The van der Waals surface area contributed by atoms with Crippen LogP contribution in [-0.4, -0.2) is 28.3 Å². The topological polar surface area (TPSA) is 90.3 Å². The largest absolute Gasteiger partial charge is 0.461 e. The van der Waals surface area contributed by atoms with Crippen LogP contribution in [0, 0.1) is 0 Å². The Balaban J connectivity index is 1.89. The number of amides is 1. The van der Waals surface area contributed by atoms with Crippen LogP contribution in [0.5, 0.6) is 0 Å². The minimum atomic E-state index is -0.670. The van der Waals surface area contributed by atoms with Gasteiger partial charge in [0.1, 0.15) is 5.00 Å². The van der Waals surface area contributed by atoms with E-state index in [-0.39, 0.29) is 17.7 Å². The molecule has 3 heterocycles. The zero-order valence-electron chi connectivity index (χ0n) is 15.8. The highest BCUT2D eigenvalue weighted by Gasteiger charge is 2.23. The fourth-order valence-electron chi connectivity index (χ4n) is 2.85. The second kappa shape index (κ2) is 8.80. The van der Waals surface area contributed by atoms with Crippen molar-refractivity contribution in [1.82, 2.24) is 9.78 Å². The molecule has 0 atom stereocenters. The molecule has 7 nitrogen and oxygen atoms in total. The summed E-state index contributed by atoms with van der Waals surface area (Å²) < 4.78 is 6.68. The molecule has 0 aliphatic heterocycles. The Labute approximate surface area is 193 Å². The van der Waals surface area contributed by atoms with Crippen LogP contribution < -0.4 is 10.9 Å². The molecular formula is C20H13Cl2N3O4S2. The normalized spacial score (nSPS) is 10.9. The Bertz CT molecular complexity index is 1360. The Morgan fingerprint density at radius 1 is 1.16 bits per heavy atom. The first-order valence-electron chi connectivity index (χ1n) is 8.93. The number of carbonyl (C=O) groups excluding carboxylic acids is 2. The smallest absolute Gasteiger partial charge is 0.359 e. The second-order valence-electron chi connectivity index (χ2n) is 6.17. The molecule has 3 aromatic heterocycles. The van der Waals surface area contributed by atoms with Crippen LogP contribution in [0.2, 0.25) is 9.36 Å². The summed E-state index contributed by atoms with van der Waals surface area (Å²) in [7, 11) is 0. The average molecular weight is 494 g/mol. The SMILES string of the molecule is CCOC(=O)c1nn(-c2ccc(Cl)cc2)c(=O)c2c(NC(=O)c3ccc(Cl)s3)scc12. The van der Waals surface area contributed by atoms with E-state index >= 15 is 0 Å². The zero-order valence-corrected chi connectivity index (χ0v) is 19.0. The van der Waals surface area contributed by atoms with Gasteiger partial charge in [0.05, 0.1) is 26.9 Å². The number of thiophene rings is 2. The van der Waals surface area contributed by atoms with E-state index in [2.05, 4.69) is 10.4 Å². The van der Waals surface area contributed by atoms with Gasteiger partial charge in [0, 0.05) is 15.8 Å². The molecule has 158 valence electrons. The molecule has 0 aliphatic rings. The number of fused-ring (bicyclic) bond motifs is 1. The van der Waals surface area contributed by atoms with Crippen LogP contribution in [-0.2, 0) is 4.74 Å². The number of rotatable bonds is 5. The van der Waals surface area contributed by atoms with E-state index in [0.29, 0.717) is 30.3 Å². The summed E-state index contributed by atoms with van der Waals surface area (Å²) in [5.41, 5.74) is -0.108. The fraction of sp³-hybridized carbons (Fsp3) is 0.100. The van der Waals surface area contributed by atoms with Crippen LogP contribution >= 0.6 is 45.9 Å². The van der Waals surface area contributed by atoms with Crippen molar-refractivity contribution in [3.8, 4) is 5.69 Å². The highest BCUT2D eigenvalue weighted by Crippen LogP contribution is 2.32. The summed E-state index contributed by atoms with van der Waals surface area (Å²) >= 11 is 14.1. The van der Waals surface area contributed by atoms with E-state index in [0.717, 1.165) is 27.4 Å². The monoisotopic (exact) mass is 493 g/mol. The van der Waals surface area contributed by atoms with Gasteiger partial charge >= 0.3 is 5.97 Å². The van der Waals surface area contributed by atoms with Gasteiger partial charge in [0.15, 0.2) is 5.69 Å². The van der Waals surface area contributed by atoms with E-state index in [1.807, 2.05) is 0 Å². The van der Waals surface area contributed by atoms with Gasteiger partial charge in [-0.1, -0.05) is 23.2 Å². The lowest BCUT2D eigenvalue weighted by Crippen LogP contribution is -2.25. The first kappa shape index (κ1) is 21.5. The van der Waals surface area contributed by atoms with Crippen LogP contribution in [0.3, 0.4) is 0 Å². The van der Waals surface area contributed by atoms with Crippen LogP contribution in [0.15, 0.2) is 46.6 Å². The van der Waals surface area contributed by atoms with Crippen LogP contribution in [0.4, 0.5) is 5.00 Å². The number of hydrogen-bond acceptors (Lipinski definition) is 7. The third kappa shape index (κ3) is 4.22. The molecule has 0 fully saturated rings. The number of ether oxygens (including phenoxy) is 1. The fourth-order valence-corrected chi connectivity index (χ4v) is 4.85. The van der Waals surface area contributed by atoms with Gasteiger partial charge in [0.2, 0.25) is 0 Å². The lowest BCUT2D eigenvalue weighted by Gasteiger charge is -2.10. The molecule has 11 heteroatoms. The van der Waals surface area contributed by atoms with Gasteiger partial charge < -0.3 is 10.1 Å². The van der Waals surface area contributed by atoms with E-state index < -0.39 is 17.4 Å². The summed E-state index contributed by atoms with van der Waals surface area (Å²) in [6.07, 6.45) is 0. The van der Waals surface area contributed by atoms with Gasteiger partial charge in [-0.05, 0) is 43.3 Å². The predicted octanol–water partition coefficient (Wildman–Crippen LogP) is 5.24. The van der Waals surface area contributed by atoms with Crippen LogP contribution in [0.1, 0.15) is 27.1 Å². The highest BCUT2D eigenvalue weighted by molar-refractivity contribution is 7.18. The van der Waals surface area contributed by atoms with Crippen molar-refractivity contribution < 1.29 is 14.3 Å². The summed E-state index contributed by atoms with van der Waals surface area (Å²) in [5.74, 6) is -1.08. The first-order chi connectivity index (χ1) is 14.9. The number of aromatic nitrogens is 2. The quantitative estimate of drug-likeness (QED) is 0.383. The number of nitrogens with zero attached hydrogens (tertiary/aromatic N) is 2. The molecule has 0 saturated heterocycles. The average Bonchev–Trinajstić information content (AvgIpc) is 3.36. The molecule has 0 spiro atoms. The third-order valence-corrected chi connectivity index (χ3v) is 6.59. The Kier molecular flexibility index (Phi) is 6.10. The lowest BCUT2D eigenvalue weighted by atomic mass is 10.2. The van der Waals surface area contributed by atoms with Crippen molar-refractivity contribution >= 4 is 73.5 Å². The zero-order chi connectivity index (χ0) is 22.1. The molecular weight excluding hydrogens is 481 g/mol. The highest BCUT2D eigenvalue weighted by atomic mass is 35.5. The van der Waals surface area contributed by atoms with Crippen molar-refractivity contribution in [1.29, 1.82) is 0 Å². The maximum atomic E-state index is 13.3. The summed E-state index contributed by atoms with van der Waals surface area (Å²) in [6.45, 7) is 1.82. The minimum absolute atomic E-state index is 0.0256. The van der Waals surface area contributed by atoms with Gasteiger partial charge in [0.25, 0.3) is 11.5 Å². The Hall–Kier alpha value is -2.72. The number of nitrogens with one attached hydrogen (secondary N) is 1. The molecule has 0 radical (unpaired) electrons. The number of benzene rings is 1. The number of carbonyl (C=O) groups is 2. The molecule has 1 amide bonds. The van der Waals surface area contributed by atoms with Gasteiger partial charge in [-0.2, -0.15) is 9.78 Å². The molecule has 1 aromatic carbocycles. The lowest BCUT2D eigenvalue weighted by molar-refractivity contribution is 0.0520. The minimum Gasteiger partial charge on any atom is -0.461 e. The van der Waals surface area contributed by atoms with Crippen molar-refractivity contribution in [2.75, 3.05) is 11.9 Å². The Morgan fingerprint density at radius 3 is 2.55 bits per heavy atom. The molecule has 0 saturated carbocycles. The molecule has 0 aliphatic carbocycles. The third-order valence-electron chi connectivity index (χ3n) is 4.22. The second-order valence-corrected chi connectivity index (χ2v) is 9.21. The van der Waals surface area contributed by atoms with Crippen molar-refractivity contribution in [2.24, 2.45) is 0 Å². The molecule has 1 N–H and O–H groups in total. The van der Waals surface area contributed by atoms with E-state index in [1.165, 1.54) is 0 Å². The number of esters is 1. The maximum absolute atomic E-state index is 13.3. The number of halogens is 2. The van der Waals surface area contributed by atoms with Crippen molar-refractivity contribution in [2.45, 2.75) is 6.92 Å². The van der Waals surface area contributed by atoms with Crippen LogP contribution in [0.25, 0.3) is 16.5 Å².